The zero-order valence-corrected chi connectivity index (χ0v) is 9.36. The van der Waals surface area contributed by atoms with E-state index in [1.165, 1.54) is 0 Å². The van der Waals surface area contributed by atoms with Crippen molar-refractivity contribution >= 4 is 11.9 Å². The summed E-state index contributed by atoms with van der Waals surface area (Å²) in [4.78, 5) is 22.1. The fourth-order valence-corrected chi connectivity index (χ4v) is 2.13. The van der Waals surface area contributed by atoms with E-state index in [9.17, 15) is 9.59 Å². The van der Waals surface area contributed by atoms with Gasteiger partial charge in [0.25, 0.3) is 0 Å². The van der Waals surface area contributed by atoms with Crippen LogP contribution in [0.4, 0.5) is 0 Å². The van der Waals surface area contributed by atoms with E-state index in [2.05, 4.69) is 5.32 Å². The van der Waals surface area contributed by atoms with Crippen LogP contribution >= 0.6 is 0 Å². The fraction of sp³-hybridized carbons (Fsp3) is 0.818. The van der Waals surface area contributed by atoms with Crippen molar-refractivity contribution < 1.29 is 19.4 Å². The van der Waals surface area contributed by atoms with Gasteiger partial charge in [-0.1, -0.05) is 0 Å². The van der Waals surface area contributed by atoms with Crippen LogP contribution in [0.2, 0.25) is 0 Å². The van der Waals surface area contributed by atoms with Crippen molar-refractivity contribution in [1.29, 1.82) is 0 Å². The Morgan fingerprint density at radius 2 is 2.00 bits per heavy atom. The highest BCUT2D eigenvalue weighted by molar-refractivity contribution is 5.81. The molecule has 5 nitrogen and oxygen atoms in total. The molecule has 2 aliphatic rings. The van der Waals surface area contributed by atoms with E-state index in [-0.39, 0.29) is 17.7 Å². The number of nitrogens with one attached hydrogen (secondary N) is 1. The van der Waals surface area contributed by atoms with Gasteiger partial charge < -0.3 is 15.2 Å². The Morgan fingerprint density at radius 3 is 2.44 bits per heavy atom. The summed E-state index contributed by atoms with van der Waals surface area (Å²) in [7, 11) is 1.57. The second kappa shape index (κ2) is 4.05. The van der Waals surface area contributed by atoms with Crippen LogP contribution < -0.4 is 5.32 Å². The number of carbonyl (C=O) groups excluding carboxylic acids is 1. The SMILES string of the molecule is COC1(CNC(=O)C2CC2)CC(C(=O)O)C1. The first-order valence-corrected chi connectivity index (χ1v) is 5.62. The van der Waals surface area contributed by atoms with Crippen molar-refractivity contribution in [2.45, 2.75) is 31.3 Å². The Bertz CT molecular complexity index is 305. The maximum absolute atomic E-state index is 11.4. The molecule has 0 aromatic rings. The van der Waals surface area contributed by atoms with Crippen molar-refractivity contribution in [3.05, 3.63) is 0 Å². The second-order valence-corrected chi connectivity index (χ2v) is 4.82. The summed E-state index contributed by atoms with van der Waals surface area (Å²) in [6.45, 7) is 0.433. The Kier molecular flexibility index (Phi) is 2.88. The molecule has 2 rings (SSSR count). The lowest BCUT2D eigenvalue weighted by atomic mass is 9.70. The van der Waals surface area contributed by atoms with Crippen LogP contribution in [0.3, 0.4) is 0 Å². The molecule has 1 amide bonds. The van der Waals surface area contributed by atoms with Crippen molar-refractivity contribution in [2.24, 2.45) is 11.8 Å². The fourth-order valence-electron chi connectivity index (χ4n) is 2.13. The van der Waals surface area contributed by atoms with E-state index in [1.54, 1.807) is 7.11 Å². The molecule has 0 aromatic heterocycles. The Labute approximate surface area is 94.2 Å². The molecule has 2 aliphatic carbocycles. The minimum Gasteiger partial charge on any atom is -0.481 e. The molecule has 0 aliphatic heterocycles. The first kappa shape index (κ1) is 11.4. The number of ether oxygens (including phenoxy) is 1. The Hall–Kier alpha value is -1.10. The maximum atomic E-state index is 11.4. The molecule has 16 heavy (non-hydrogen) atoms. The van der Waals surface area contributed by atoms with Gasteiger partial charge in [-0.25, -0.2) is 0 Å². The summed E-state index contributed by atoms with van der Waals surface area (Å²) < 4.78 is 5.33. The van der Waals surface area contributed by atoms with Gasteiger partial charge >= 0.3 is 5.97 Å². The lowest BCUT2D eigenvalue weighted by molar-refractivity contribution is -0.162. The summed E-state index contributed by atoms with van der Waals surface area (Å²) in [6, 6.07) is 0. The van der Waals surface area contributed by atoms with E-state index in [4.69, 9.17) is 9.84 Å². The van der Waals surface area contributed by atoms with E-state index in [1.807, 2.05) is 0 Å². The van der Waals surface area contributed by atoms with Gasteiger partial charge in [0.05, 0.1) is 11.5 Å². The number of carboxylic acids is 1. The third-order valence-corrected chi connectivity index (χ3v) is 3.55. The largest absolute Gasteiger partial charge is 0.481 e. The molecule has 0 saturated heterocycles. The third-order valence-electron chi connectivity index (χ3n) is 3.55. The smallest absolute Gasteiger partial charge is 0.306 e. The van der Waals surface area contributed by atoms with Crippen LogP contribution in [0, 0.1) is 11.8 Å². The van der Waals surface area contributed by atoms with Crippen LogP contribution in [0.5, 0.6) is 0 Å². The van der Waals surface area contributed by atoms with Crippen molar-refractivity contribution in [3.63, 3.8) is 0 Å². The van der Waals surface area contributed by atoms with Crippen LogP contribution in [0.15, 0.2) is 0 Å². The maximum Gasteiger partial charge on any atom is 0.306 e. The number of hydrogen-bond donors (Lipinski definition) is 2. The Balaban J connectivity index is 1.78. The molecular formula is C11H17NO4. The van der Waals surface area contributed by atoms with Gasteiger partial charge in [-0.05, 0) is 25.7 Å². The van der Waals surface area contributed by atoms with Crippen molar-refractivity contribution in [3.8, 4) is 0 Å². The molecule has 0 atom stereocenters. The number of hydrogen-bond acceptors (Lipinski definition) is 3. The van der Waals surface area contributed by atoms with Gasteiger partial charge in [-0.2, -0.15) is 0 Å². The number of methoxy groups -OCH3 is 1. The summed E-state index contributed by atoms with van der Waals surface area (Å²) in [5, 5.41) is 11.6. The number of aliphatic carboxylic acids is 1. The first-order chi connectivity index (χ1) is 7.56. The normalized spacial score (nSPS) is 32.9. The van der Waals surface area contributed by atoms with Crippen molar-refractivity contribution in [1.82, 2.24) is 5.32 Å². The monoisotopic (exact) mass is 227 g/mol. The lowest BCUT2D eigenvalue weighted by Crippen LogP contribution is -2.55. The van der Waals surface area contributed by atoms with Crippen molar-refractivity contribution in [2.75, 3.05) is 13.7 Å². The molecular weight excluding hydrogens is 210 g/mol. The van der Waals surface area contributed by atoms with Gasteiger partial charge in [0.2, 0.25) is 5.91 Å². The zero-order valence-electron chi connectivity index (χ0n) is 9.36. The Morgan fingerprint density at radius 1 is 1.38 bits per heavy atom. The molecule has 0 bridgehead atoms. The zero-order chi connectivity index (χ0) is 11.8. The van der Waals surface area contributed by atoms with Gasteiger partial charge in [-0.3, -0.25) is 9.59 Å². The summed E-state index contributed by atoms with van der Waals surface area (Å²) in [6.07, 6.45) is 2.93. The standard InChI is InChI=1S/C11H17NO4/c1-16-11(4-8(5-11)10(14)15)6-12-9(13)7-2-3-7/h7-8H,2-6H2,1H3,(H,12,13)(H,14,15). The highest BCUT2D eigenvalue weighted by atomic mass is 16.5. The van der Waals surface area contributed by atoms with E-state index >= 15 is 0 Å². The number of amides is 1. The molecule has 5 heteroatoms. The average molecular weight is 227 g/mol. The molecule has 0 heterocycles. The minimum atomic E-state index is -0.777. The van der Waals surface area contributed by atoms with Gasteiger partial charge in [0, 0.05) is 19.6 Å². The number of carboxylic acid groups (broad SMARTS) is 1. The first-order valence-electron chi connectivity index (χ1n) is 5.62. The highest BCUT2D eigenvalue weighted by Crippen LogP contribution is 2.40. The summed E-state index contributed by atoms with van der Waals surface area (Å²) in [5.41, 5.74) is -0.451. The predicted molar refractivity (Wildman–Crippen MR) is 55.8 cm³/mol. The molecule has 2 fully saturated rings. The molecule has 2 saturated carbocycles. The van der Waals surface area contributed by atoms with E-state index < -0.39 is 11.6 Å². The number of rotatable bonds is 5. The molecule has 0 spiro atoms. The molecule has 0 aromatic carbocycles. The third kappa shape index (κ3) is 2.19. The van der Waals surface area contributed by atoms with Crippen LogP contribution in [-0.2, 0) is 14.3 Å². The van der Waals surface area contributed by atoms with E-state index in [0.717, 1.165) is 12.8 Å². The van der Waals surface area contributed by atoms with Crippen LogP contribution in [0.25, 0.3) is 0 Å². The van der Waals surface area contributed by atoms with Crippen LogP contribution in [-0.4, -0.2) is 36.2 Å². The van der Waals surface area contributed by atoms with E-state index in [0.29, 0.717) is 19.4 Å². The molecule has 2 N–H and O–H groups in total. The summed E-state index contributed by atoms with van der Waals surface area (Å²) >= 11 is 0. The van der Waals surface area contributed by atoms with Gasteiger partial charge in [0.1, 0.15) is 0 Å². The minimum absolute atomic E-state index is 0.0789. The lowest BCUT2D eigenvalue weighted by Gasteiger charge is -2.44. The number of carbonyl (C=O) groups is 2. The molecule has 0 radical (unpaired) electrons. The molecule has 90 valence electrons. The summed E-state index contributed by atoms with van der Waals surface area (Å²) in [5.74, 6) is -0.835. The van der Waals surface area contributed by atoms with Crippen LogP contribution in [0.1, 0.15) is 25.7 Å². The highest BCUT2D eigenvalue weighted by Gasteiger charge is 2.48. The van der Waals surface area contributed by atoms with Gasteiger partial charge in [0.15, 0.2) is 0 Å². The molecule has 0 unspecified atom stereocenters. The topological polar surface area (TPSA) is 75.6 Å². The van der Waals surface area contributed by atoms with Gasteiger partial charge in [-0.15, -0.1) is 0 Å². The second-order valence-electron chi connectivity index (χ2n) is 4.82. The predicted octanol–water partition coefficient (Wildman–Crippen LogP) is 0.392. The quantitative estimate of drug-likeness (QED) is 0.712. The average Bonchev–Trinajstić information content (AvgIpc) is 2.98.